The van der Waals surface area contributed by atoms with Gasteiger partial charge in [0.2, 0.25) is 6.79 Å². The van der Waals surface area contributed by atoms with Crippen LogP contribution in [0.1, 0.15) is 26.5 Å². The Morgan fingerprint density at radius 1 is 1.03 bits per heavy atom. The number of para-hydroxylation sites is 1. The first-order valence-corrected chi connectivity index (χ1v) is 9.27. The number of hydrazone groups is 1. The van der Waals surface area contributed by atoms with Crippen LogP contribution in [0.5, 0.6) is 11.5 Å². The Balaban J connectivity index is 1.47. The lowest BCUT2D eigenvalue weighted by atomic mass is 10.1. The van der Waals surface area contributed by atoms with Crippen LogP contribution in [-0.2, 0) is 0 Å². The fraction of sp³-hybridized carbons (Fsp3) is 0.0500. The largest absolute Gasteiger partial charge is 0.459 e. The van der Waals surface area contributed by atoms with E-state index in [2.05, 4.69) is 31.8 Å². The van der Waals surface area contributed by atoms with Crippen LogP contribution in [0.2, 0.25) is 0 Å². The second-order valence-electron chi connectivity index (χ2n) is 5.90. The van der Waals surface area contributed by atoms with Crippen LogP contribution in [0, 0.1) is 0 Å². The van der Waals surface area contributed by atoms with Crippen LogP contribution in [-0.4, -0.2) is 24.8 Å². The molecule has 2 heterocycles. The molecule has 0 unspecified atom stereocenters. The molecular formula is C20H14BrN3O5. The predicted octanol–water partition coefficient (Wildman–Crippen LogP) is 3.79. The van der Waals surface area contributed by atoms with Crippen LogP contribution < -0.4 is 20.2 Å². The number of rotatable bonds is 5. The molecule has 0 saturated heterocycles. The van der Waals surface area contributed by atoms with E-state index < -0.39 is 11.8 Å². The van der Waals surface area contributed by atoms with Gasteiger partial charge in [0.25, 0.3) is 11.8 Å². The molecule has 1 aliphatic heterocycles. The first kappa shape index (κ1) is 18.8. The van der Waals surface area contributed by atoms with Crippen LogP contribution in [0.25, 0.3) is 0 Å². The predicted molar refractivity (Wildman–Crippen MR) is 108 cm³/mol. The number of nitrogens with one attached hydrogen (secondary N) is 2. The van der Waals surface area contributed by atoms with E-state index in [1.54, 1.807) is 42.5 Å². The van der Waals surface area contributed by atoms with Gasteiger partial charge in [-0.3, -0.25) is 9.59 Å². The Labute approximate surface area is 173 Å². The lowest BCUT2D eigenvalue weighted by Crippen LogP contribution is -2.21. The van der Waals surface area contributed by atoms with Gasteiger partial charge in [0.1, 0.15) is 0 Å². The summed E-state index contributed by atoms with van der Waals surface area (Å²) in [5.41, 5.74) is 3.75. The number of hydrogen-bond acceptors (Lipinski definition) is 6. The topological polar surface area (TPSA) is 102 Å². The average molecular weight is 456 g/mol. The van der Waals surface area contributed by atoms with Crippen LogP contribution >= 0.6 is 15.9 Å². The zero-order chi connectivity index (χ0) is 20.2. The molecule has 146 valence electrons. The molecule has 0 bridgehead atoms. The van der Waals surface area contributed by atoms with Gasteiger partial charge in [0.05, 0.1) is 23.7 Å². The highest BCUT2D eigenvalue weighted by molar-refractivity contribution is 9.10. The number of fused-ring (bicyclic) bond motifs is 1. The monoisotopic (exact) mass is 455 g/mol. The lowest BCUT2D eigenvalue weighted by molar-refractivity contribution is 0.0956. The summed E-state index contributed by atoms with van der Waals surface area (Å²) in [4.78, 5) is 24.7. The van der Waals surface area contributed by atoms with Gasteiger partial charge in [-0.05, 0) is 52.3 Å². The third-order valence-corrected chi connectivity index (χ3v) is 4.71. The van der Waals surface area contributed by atoms with Crippen molar-refractivity contribution in [3.8, 4) is 11.5 Å². The van der Waals surface area contributed by atoms with Crippen LogP contribution in [0.15, 0.2) is 68.8 Å². The van der Waals surface area contributed by atoms with Gasteiger partial charge in [-0.15, -0.1) is 0 Å². The molecule has 9 heteroatoms. The van der Waals surface area contributed by atoms with Gasteiger partial charge < -0.3 is 19.2 Å². The number of benzene rings is 2. The average Bonchev–Trinajstić information content (AvgIpc) is 3.40. The number of halogens is 1. The standard InChI is InChI=1S/C20H14BrN3O5/c21-14-9-18-17(28-11-29-18)8-12(14)10-22-24-19(25)13-4-1-2-5-15(13)23-20(26)16-6-3-7-27-16/h1-10H,11H2,(H,23,26)(H,24,25)/b22-10-. The summed E-state index contributed by atoms with van der Waals surface area (Å²) < 4.78 is 16.4. The summed E-state index contributed by atoms with van der Waals surface area (Å²) in [6, 6.07) is 13.3. The fourth-order valence-corrected chi connectivity index (χ4v) is 3.06. The Morgan fingerprint density at radius 3 is 2.62 bits per heavy atom. The Morgan fingerprint density at radius 2 is 1.83 bits per heavy atom. The van der Waals surface area contributed by atoms with Crippen LogP contribution in [0.4, 0.5) is 5.69 Å². The zero-order valence-corrected chi connectivity index (χ0v) is 16.4. The maximum Gasteiger partial charge on any atom is 0.291 e. The molecule has 29 heavy (non-hydrogen) atoms. The second-order valence-corrected chi connectivity index (χ2v) is 6.76. The highest BCUT2D eigenvalue weighted by Crippen LogP contribution is 2.36. The number of ether oxygens (including phenoxy) is 2. The molecule has 3 aromatic rings. The Hall–Kier alpha value is -3.59. The summed E-state index contributed by atoms with van der Waals surface area (Å²) in [7, 11) is 0. The van der Waals surface area contributed by atoms with E-state index >= 15 is 0 Å². The molecule has 0 spiro atoms. The van der Waals surface area contributed by atoms with Gasteiger partial charge >= 0.3 is 0 Å². The van der Waals surface area contributed by atoms with Gasteiger partial charge in [0, 0.05) is 10.0 Å². The molecule has 0 radical (unpaired) electrons. The van der Waals surface area contributed by atoms with E-state index in [0.29, 0.717) is 22.7 Å². The van der Waals surface area contributed by atoms with Crippen molar-refractivity contribution < 1.29 is 23.5 Å². The zero-order valence-electron chi connectivity index (χ0n) is 14.8. The van der Waals surface area contributed by atoms with E-state index in [1.807, 2.05) is 0 Å². The number of carbonyl (C=O) groups is 2. The molecular weight excluding hydrogens is 442 g/mol. The number of amides is 2. The summed E-state index contributed by atoms with van der Waals surface area (Å²) in [6.45, 7) is 0.166. The van der Waals surface area contributed by atoms with Crippen molar-refractivity contribution >= 4 is 39.6 Å². The number of carbonyl (C=O) groups excluding carboxylic acids is 2. The molecule has 0 saturated carbocycles. The molecule has 0 fully saturated rings. The van der Waals surface area contributed by atoms with Crippen molar-refractivity contribution in [2.45, 2.75) is 0 Å². The highest BCUT2D eigenvalue weighted by atomic mass is 79.9. The van der Waals surface area contributed by atoms with E-state index in [-0.39, 0.29) is 18.1 Å². The number of anilines is 1. The lowest BCUT2D eigenvalue weighted by Gasteiger charge is -2.09. The normalized spacial score (nSPS) is 12.2. The minimum atomic E-state index is -0.478. The van der Waals surface area contributed by atoms with Gasteiger partial charge in [-0.25, -0.2) is 5.43 Å². The second kappa shape index (κ2) is 8.19. The van der Waals surface area contributed by atoms with Crippen molar-refractivity contribution in [3.05, 3.63) is 76.2 Å². The Bertz CT molecular complexity index is 1100. The summed E-state index contributed by atoms with van der Waals surface area (Å²) in [5.74, 6) is 0.452. The van der Waals surface area contributed by atoms with E-state index in [1.165, 1.54) is 18.5 Å². The smallest absolute Gasteiger partial charge is 0.291 e. The molecule has 2 aromatic carbocycles. The van der Waals surface area contributed by atoms with Gasteiger partial charge in [-0.2, -0.15) is 5.10 Å². The summed E-state index contributed by atoms with van der Waals surface area (Å²) in [5, 5.41) is 6.65. The first-order valence-electron chi connectivity index (χ1n) is 8.48. The minimum absolute atomic E-state index is 0.144. The molecule has 1 aliphatic rings. The Kier molecular flexibility index (Phi) is 5.30. The summed E-state index contributed by atoms with van der Waals surface area (Å²) in [6.07, 6.45) is 2.88. The molecule has 2 N–H and O–H groups in total. The fourth-order valence-electron chi connectivity index (χ4n) is 2.63. The highest BCUT2D eigenvalue weighted by Gasteiger charge is 2.17. The van der Waals surface area contributed by atoms with Crippen molar-refractivity contribution in [1.29, 1.82) is 0 Å². The third-order valence-electron chi connectivity index (χ3n) is 4.03. The van der Waals surface area contributed by atoms with Gasteiger partial charge in [-0.1, -0.05) is 12.1 Å². The van der Waals surface area contributed by atoms with E-state index in [0.717, 1.165) is 4.47 Å². The number of hydrogen-bond donors (Lipinski definition) is 2. The molecule has 8 nitrogen and oxygen atoms in total. The van der Waals surface area contributed by atoms with E-state index in [9.17, 15) is 9.59 Å². The maximum atomic E-state index is 12.5. The molecule has 0 atom stereocenters. The van der Waals surface area contributed by atoms with Crippen LogP contribution in [0.3, 0.4) is 0 Å². The van der Waals surface area contributed by atoms with Crippen molar-refractivity contribution in [2.24, 2.45) is 5.10 Å². The summed E-state index contributed by atoms with van der Waals surface area (Å²) >= 11 is 3.42. The minimum Gasteiger partial charge on any atom is -0.459 e. The quantitative estimate of drug-likeness (QED) is 0.450. The maximum absolute atomic E-state index is 12.5. The number of furan rings is 1. The molecule has 2 amide bonds. The molecule has 1 aromatic heterocycles. The number of nitrogens with zero attached hydrogens (tertiary/aromatic N) is 1. The molecule has 4 rings (SSSR count). The van der Waals surface area contributed by atoms with E-state index in [4.69, 9.17) is 13.9 Å². The third kappa shape index (κ3) is 4.14. The van der Waals surface area contributed by atoms with Crippen molar-refractivity contribution in [3.63, 3.8) is 0 Å². The van der Waals surface area contributed by atoms with Crippen molar-refractivity contribution in [1.82, 2.24) is 5.43 Å². The van der Waals surface area contributed by atoms with Crippen molar-refractivity contribution in [2.75, 3.05) is 12.1 Å². The molecule has 0 aliphatic carbocycles. The first-order chi connectivity index (χ1) is 14.1. The van der Waals surface area contributed by atoms with Gasteiger partial charge in [0.15, 0.2) is 17.3 Å². The SMILES string of the molecule is O=C(Nc1ccccc1C(=O)N/N=C\c1cc2c(cc1Br)OCO2)c1ccco1.